The summed E-state index contributed by atoms with van der Waals surface area (Å²) in [7, 11) is -2.00. The molecule has 0 aliphatic heterocycles. The highest BCUT2D eigenvalue weighted by atomic mass is 79.9. The van der Waals surface area contributed by atoms with Crippen molar-refractivity contribution in [2.45, 2.75) is 4.90 Å². The molecule has 2 rings (SSSR count). The van der Waals surface area contributed by atoms with Gasteiger partial charge in [0.1, 0.15) is 5.75 Å². The van der Waals surface area contributed by atoms with Gasteiger partial charge in [0.25, 0.3) is 10.0 Å². The van der Waals surface area contributed by atoms with Gasteiger partial charge in [-0.25, -0.2) is 8.42 Å². The predicted octanol–water partition coefficient (Wildman–Crippen LogP) is 3.26. The molecule has 2 aromatic carbocycles. The van der Waals surface area contributed by atoms with Gasteiger partial charge in [-0.1, -0.05) is 15.9 Å². The van der Waals surface area contributed by atoms with Gasteiger partial charge in [0.05, 0.1) is 12.0 Å². The number of halogens is 1. The Morgan fingerprint density at radius 1 is 1.00 bits per heavy atom. The molecule has 0 bridgehead atoms. The van der Waals surface area contributed by atoms with Gasteiger partial charge in [0.15, 0.2) is 0 Å². The molecule has 6 heteroatoms. The molecule has 0 aliphatic carbocycles. The molecule has 0 heterocycles. The summed E-state index contributed by atoms with van der Waals surface area (Å²) < 4.78 is 32.6. The van der Waals surface area contributed by atoms with E-state index in [4.69, 9.17) is 4.74 Å². The Balaban J connectivity index is 2.23. The smallest absolute Gasteiger partial charge is 0.261 e. The van der Waals surface area contributed by atoms with Crippen LogP contribution in [0.15, 0.2) is 57.9 Å². The Morgan fingerprint density at radius 3 is 2.11 bits per heavy atom. The third kappa shape index (κ3) is 3.48. The standard InChI is InChI=1S/C13H12BrNO3S/c1-18-12-6-4-11(5-7-12)15-19(16,17)13-8-2-10(14)3-9-13/h2-9,15H,1H3. The molecule has 0 unspecified atom stereocenters. The molecule has 1 N–H and O–H groups in total. The predicted molar refractivity (Wildman–Crippen MR) is 77.9 cm³/mol. The summed E-state index contributed by atoms with van der Waals surface area (Å²) in [6.45, 7) is 0. The fourth-order valence-corrected chi connectivity index (χ4v) is 2.81. The first-order valence-corrected chi connectivity index (χ1v) is 7.71. The molecule has 100 valence electrons. The van der Waals surface area contributed by atoms with Crippen LogP contribution in [0.25, 0.3) is 0 Å². The van der Waals surface area contributed by atoms with E-state index in [1.807, 2.05) is 0 Å². The number of rotatable bonds is 4. The van der Waals surface area contributed by atoms with Crippen LogP contribution in [0.1, 0.15) is 0 Å². The van der Waals surface area contributed by atoms with Crippen LogP contribution in [0, 0.1) is 0 Å². The summed E-state index contributed by atoms with van der Waals surface area (Å²) in [5, 5.41) is 0. The highest BCUT2D eigenvalue weighted by Gasteiger charge is 2.13. The second-order valence-electron chi connectivity index (χ2n) is 3.79. The summed E-state index contributed by atoms with van der Waals surface area (Å²) in [5.74, 6) is 0.673. The summed E-state index contributed by atoms with van der Waals surface area (Å²) in [6.07, 6.45) is 0. The second kappa shape index (κ2) is 5.63. The molecule has 0 saturated heterocycles. The van der Waals surface area contributed by atoms with Crippen LogP contribution in [0.2, 0.25) is 0 Å². The summed E-state index contributed by atoms with van der Waals surface area (Å²) >= 11 is 3.27. The minimum Gasteiger partial charge on any atom is -0.497 e. The molecule has 4 nitrogen and oxygen atoms in total. The molecule has 0 fully saturated rings. The van der Waals surface area contributed by atoms with Crippen LogP contribution in [-0.2, 0) is 10.0 Å². The highest BCUT2D eigenvalue weighted by molar-refractivity contribution is 9.10. The second-order valence-corrected chi connectivity index (χ2v) is 6.39. The lowest BCUT2D eigenvalue weighted by Gasteiger charge is -2.08. The molecule has 2 aromatic rings. The first kappa shape index (κ1) is 13.9. The summed E-state index contributed by atoms with van der Waals surface area (Å²) in [5.41, 5.74) is 0.490. The van der Waals surface area contributed by atoms with Crippen LogP contribution < -0.4 is 9.46 Å². The van der Waals surface area contributed by atoms with Gasteiger partial charge in [0.2, 0.25) is 0 Å². The zero-order valence-corrected chi connectivity index (χ0v) is 12.5. The summed E-state index contributed by atoms with van der Waals surface area (Å²) in [4.78, 5) is 0.214. The Bertz CT molecular complexity index is 651. The maximum absolute atomic E-state index is 12.1. The van der Waals surface area contributed by atoms with Crippen molar-refractivity contribution in [1.82, 2.24) is 0 Å². The Labute approximate surface area is 120 Å². The number of ether oxygens (including phenoxy) is 1. The van der Waals surface area contributed by atoms with E-state index in [-0.39, 0.29) is 4.90 Å². The third-order valence-electron chi connectivity index (χ3n) is 2.47. The largest absolute Gasteiger partial charge is 0.497 e. The number of nitrogens with one attached hydrogen (secondary N) is 1. The van der Waals surface area contributed by atoms with Crippen molar-refractivity contribution >= 4 is 31.6 Å². The molecule has 0 spiro atoms. The van der Waals surface area contributed by atoms with Gasteiger partial charge in [-0.2, -0.15) is 0 Å². The number of benzene rings is 2. The van der Waals surface area contributed by atoms with E-state index in [1.54, 1.807) is 43.5 Å². The lowest BCUT2D eigenvalue weighted by molar-refractivity contribution is 0.415. The average Bonchev–Trinajstić information content (AvgIpc) is 2.40. The molecule has 0 amide bonds. The topological polar surface area (TPSA) is 55.4 Å². The molecule has 19 heavy (non-hydrogen) atoms. The number of hydrogen-bond acceptors (Lipinski definition) is 3. The highest BCUT2D eigenvalue weighted by Crippen LogP contribution is 2.20. The van der Waals surface area contributed by atoms with E-state index >= 15 is 0 Å². The van der Waals surface area contributed by atoms with Crippen molar-refractivity contribution in [3.8, 4) is 5.75 Å². The number of sulfonamides is 1. The zero-order valence-electron chi connectivity index (χ0n) is 10.1. The summed E-state index contributed by atoms with van der Waals surface area (Å²) in [6, 6.07) is 13.1. The number of hydrogen-bond donors (Lipinski definition) is 1. The monoisotopic (exact) mass is 341 g/mol. The lowest BCUT2D eigenvalue weighted by Crippen LogP contribution is -2.12. The number of anilines is 1. The Hall–Kier alpha value is -1.53. The van der Waals surface area contributed by atoms with Gasteiger partial charge < -0.3 is 4.74 Å². The molecular formula is C13H12BrNO3S. The molecule has 0 saturated carbocycles. The molecule has 0 atom stereocenters. The normalized spacial score (nSPS) is 11.1. The minimum atomic E-state index is -3.56. The quantitative estimate of drug-likeness (QED) is 0.928. The van der Waals surface area contributed by atoms with Crippen molar-refractivity contribution in [3.05, 3.63) is 53.0 Å². The van der Waals surface area contributed by atoms with E-state index in [1.165, 1.54) is 12.1 Å². The van der Waals surface area contributed by atoms with Crippen molar-refractivity contribution in [2.75, 3.05) is 11.8 Å². The Morgan fingerprint density at radius 2 is 1.58 bits per heavy atom. The van der Waals surface area contributed by atoms with Crippen LogP contribution in [0.4, 0.5) is 5.69 Å². The van der Waals surface area contributed by atoms with E-state index in [0.29, 0.717) is 11.4 Å². The third-order valence-corrected chi connectivity index (χ3v) is 4.39. The first-order chi connectivity index (χ1) is 9.01. The van der Waals surface area contributed by atoms with Gasteiger partial charge >= 0.3 is 0 Å². The fraction of sp³-hybridized carbons (Fsp3) is 0.0769. The molecule has 0 aliphatic rings. The van der Waals surface area contributed by atoms with E-state index in [2.05, 4.69) is 20.7 Å². The van der Waals surface area contributed by atoms with E-state index < -0.39 is 10.0 Å². The average molecular weight is 342 g/mol. The van der Waals surface area contributed by atoms with Crippen LogP contribution in [0.3, 0.4) is 0 Å². The first-order valence-electron chi connectivity index (χ1n) is 5.44. The van der Waals surface area contributed by atoms with Crippen LogP contribution in [-0.4, -0.2) is 15.5 Å². The number of methoxy groups -OCH3 is 1. The molecular weight excluding hydrogens is 330 g/mol. The fourth-order valence-electron chi connectivity index (χ4n) is 1.49. The van der Waals surface area contributed by atoms with Crippen molar-refractivity contribution in [3.63, 3.8) is 0 Å². The Kier molecular flexibility index (Phi) is 4.11. The van der Waals surface area contributed by atoms with Crippen LogP contribution in [0.5, 0.6) is 5.75 Å². The maximum atomic E-state index is 12.1. The molecule has 0 aromatic heterocycles. The zero-order chi connectivity index (χ0) is 13.9. The van der Waals surface area contributed by atoms with E-state index in [9.17, 15) is 8.42 Å². The van der Waals surface area contributed by atoms with Crippen LogP contribution >= 0.6 is 15.9 Å². The van der Waals surface area contributed by atoms with Gasteiger partial charge in [-0.15, -0.1) is 0 Å². The van der Waals surface area contributed by atoms with E-state index in [0.717, 1.165) is 4.47 Å². The lowest BCUT2D eigenvalue weighted by atomic mass is 10.3. The van der Waals surface area contributed by atoms with Crippen molar-refractivity contribution < 1.29 is 13.2 Å². The van der Waals surface area contributed by atoms with Gasteiger partial charge in [-0.05, 0) is 48.5 Å². The van der Waals surface area contributed by atoms with Gasteiger partial charge in [0, 0.05) is 10.2 Å². The SMILES string of the molecule is COc1ccc(NS(=O)(=O)c2ccc(Br)cc2)cc1. The van der Waals surface area contributed by atoms with Gasteiger partial charge in [-0.3, -0.25) is 4.72 Å². The van der Waals surface area contributed by atoms with Crippen molar-refractivity contribution in [1.29, 1.82) is 0 Å². The van der Waals surface area contributed by atoms with Crippen molar-refractivity contribution in [2.24, 2.45) is 0 Å². The maximum Gasteiger partial charge on any atom is 0.261 e. The minimum absolute atomic E-state index is 0.214. The molecule has 0 radical (unpaired) electrons.